The van der Waals surface area contributed by atoms with Gasteiger partial charge in [0.1, 0.15) is 23.6 Å². The SMILES string of the molecule is COc1cccc(CN(Cc2ccc(F)cc2)Cc2nc(C(=O)NCc3ccc(F)cc3)co2)c1. The zero-order valence-corrected chi connectivity index (χ0v) is 19.2. The molecule has 1 heterocycles. The van der Waals surface area contributed by atoms with Crippen LogP contribution in [0.4, 0.5) is 8.78 Å². The van der Waals surface area contributed by atoms with Gasteiger partial charge in [0.25, 0.3) is 5.91 Å². The Hall–Kier alpha value is -4.04. The lowest BCUT2D eigenvalue weighted by molar-refractivity contribution is 0.0945. The smallest absolute Gasteiger partial charge is 0.273 e. The molecule has 1 amide bonds. The molecule has 4 aromatic rings. The van der Waals surface area contributed by atoms with Crippen LogP contribution >= 0.6 is 0 Å². The molecule has 0 bridgehead atoms. The molecule has 0 aliphatic carbocycles. The molecule has 0 fully saturated rings. The average molecular weight is 478 g/mol. The number of amides is 1. The van der Waals surface area contributed by atoms with Crippen LogP contribution in [-0.2, 0) is 26.2 Å². The van der Waals surface area contributed by atoms with Crippen LogP contribution in [0.1, 0.15) is 33.1 Å². The van der Waals surface area contributed by atoms with Gasteiger partial charge < -0.3 is 14.5 Å². The number of oxazole rings is 1. The van der Waals surface area contributed by atoms with Crippen molar-refractivity contribution in [2.75, 3.05) is 7.11 Å². The van der Waals surface area contributed by atoms with Gasteiger partial charge >= 0.3 is 0 Å². The lowest BCUT2D eigenvalue weighted by Crippen LogP contribution is -2.24. The lowest BCUT2D eigenvalue weighted by atomic mass is 10.1. The second-order valence-electron chi connectivity index (χ2n) is 8.06. The summed E-state index contributed by atoms with van der Waals surface area (Å²) in [5.74, 6) is 0.113. The number of hydrogen-bond acceptors (Lipinski definition) is 5. The second kappa shape index (κ2) is 11.4. The number of rotatable bonds is 10. The third-order valence-corrected chi connectivity index (χ3v) is 5.37. The van der Waals surface area contributed by atoms with Gasteiger partial charge in [-0.1, -0.05) is 36.4 Å². The van der Waals surface area contributed by atoms with E-state index in [2.05, 4.69) is 15.2 Å². The predicted octanol–water partition coefficient (Wildman–Crippen LogP) is 5.09. The minimum Gasteiger partial charge on any atom is -0.497 e. The molecule has 4 rings (SSSR count). The number of ether oxygens (including phenoxy) is 1. The van der Waals surface area contributed by atoms with Gasteiger partial charge in [0.05, 0.1) is 13.7 Å². The number of halogens is 2. The van der Waals surface area contributed by atoms with Gasteiger partial charge in [0.2, 0.25) is 5.89 Å². The largest absolute Gasteiger partial charge is 0.497 e. The van der Waals surface area contributed by atoms with Crippen LogP contribution in [0.25, 0.3) is 0 Å². The van der Waals surface area contributed by atoms with E-state index in [1.807, 2.05) is 24.3 Å². The van der Waals surface area contributed by atoms with E-state index < -0.39 is 0 Å². The number of aromatic nitrogens is 1. The molecule has 0 saturated carbocycles. The van der Waals surface area contributed by atoms with E-state index in [4.69, 9.17) is 9.15 Å². The Labute approximate surface area is 202 Å². The summed E-state index contributed by atoms with van der Waals surface area (Å²) in [6.07, 6.45) is 1.32. The summed E-state index contributed by atoms with van der Waals surface area (Å²) >= 11 is 0. The Kier molecular flexibility index (Phi) is 7.84. The van der Waals surface area contributed by atoms with Crippen LogP contribution in [0.15, 0.2) is 83.5 Å². The van der Waals surface area contributed by atoms with E-state index in [9.17, 15) is 13.6 Å². The number of benzene rings is 3. The van der Waals surface area contributed by atoms with Crippen molar-refractivity contribution >= 4 is 5.91 Å². The maximum Gasteiger partial charge on any atom is 0.273 e. The van der Waals surface area contributed by atoms with Crippen molar-refractivity contribution in [3.8, 4) is 5.75 Å². The van der Waals surface area contributed by atoms with Crippen LogP contribution in [0, 0.1) is 11.6 Å². The monoisotopic (exact) mass is 477 g/mol. The fourth-order valence-electron chi connectivity index (χ4n) is 3.60. The van der Waals surface area contributed by atoms with E-state index >= 15 is 0 Å². The van der Waals surface area contributed by atoms with Gasteiger partial charge in [0, 0.05) is 19.6 Å². The number of carbonyl (C=O) groups is 1. The lowest BCUT2D eigenvalue weighted by Gasteiger charge is -2.21. The van der Waals surface area contributed by atoms with Crippen molar-refractivity contribution in [1.82, 2.24) is 15.2 Å². The topological polar surface area (TPSA) is 67.6 Å². The number of methoxy groups -OCH3 is 1. The Morgan fingerprint density at radius 1 is 0.914 bits per heavy atom. The summed E-state index contributed by atoms with van der Waals surface area (Å²) < 4.78 is 37.3. The van der Waals surface area contributed by atoms with Crippen LogP contribution in [0.5, 0.6) is 5.75 Å². The number of hydrogen-bond donors (Lipinski definition) is 1. The molecule has 0 atom stereocenters. The molecule has 0 aliphatic rings. The summed E-state index contributed by atoms with van der Waals surface area (Å²) in [5, 5.41) is 2.75. The zero-order valence-electron chi connectivity index (χ0n) is 19.2. The number of nitrogens with zero attached hydrogens (tertiary/aromatic N) is 2. The molecule has 0 saturated heterocycles. The molecule has 6 nitrogen and oxygen atoms in total. The van der Waals surface area contributed by atoms with Crippen molar-refractivity contribution < 1.29 is 22.7 Å². The molecule has 0 spiro atoms. The van der Waals surface area contributed by atoms with Crippen LogP contribution in [-0.4, -0.2) is 22.9 Å². The van der Waals surface area contributed by atoms with Crippen molar-refractivity contribution in [1.29, 1.82) is 0 Å². The van der Waals surface area contributed by atoms with Gasteiger partial charge in [-0.3, -0.25) is 9.69 Å². The summed E-state index contributed by atoms with van der Waals surface area (Å²) in [4.78, 5) is 18.9. The quantitative estimate of drug-likeness (QED) is 0.345. The maximum atomic E-state index is 13.4. The molecule has 180 valence electrons. The average Bonchev–Trinajstić information content (AvgIpc) is 3.33. The van der Waals surface area contributed by atoms with E-state index in [1.54, 1.807) is 31.4 Å². The van der Waals surface area contributed by atoms with Crippen molar-refractivity contribution in [3.63, 3.8) is 0 Å². The van der Waals surface area contributed by atoms with E-state index in [0.717, 1.165) is 22.4 Å². The third-order valence-electron chi connectivity index (χ3n) is 5.37. The van der Waals surface area contributed by atoms with E-state index in [-0.39, 0.29) is 29.8 Å². The first-order valence-corrected chi connectivity index (χ1v) is 11.1. The van der Waals surface area contributed by atoms with Gasteiger partial charge in [0.15, 0.2) is 5.69 Å². The molecular formula is C27H25F2N3O3. The first-order valence-electron chi connectivity index (χ1n) is 11.1. The van der Waals surface area contributed by atoms with Crippen molar-refractivity contribution in [3.05, 3.63) is 119 Å². The highest BCUT2D eigenvalue weighted by molar-refractivity contribution is 5.91. The first kappa shape index (κ1) is 24.1. The summed E-state index contributed by atoms with van der Waals surface area (Å²) in [6.45, 7) is 1.66. The molecule has 3 aromatic carbocycles. The summed E-state index contributed by atoms with van der Waals surface area (Å²) in [5.41, 5.74) is 2.88. The Balaban J connectivity index is 1.44. The second-order valence-corrected chi connectivity index (χ2v) is 8.06. The molecule has 1 aromatic heterocycles. The highest BCUT2D eigenvalue weighted by Crippen LogP contribution is 2.18. The van der Waals surface area contributed by atoms with Crippen molar-refractivity contribution in [2.45, 2.75) is 26.2 Å². The van der Waals surface area contributed by atoms with Crippen LogP contribution in [0.3, 0.4) is 0 Å². The molecular weight excluding hydrogens is 452 g/mol. The minimum atomic E-state index is -0.387. The standard InChI is InChI=1S/C27H25F2N3O3/c1-34-24-4-2-3-21(13-24)16-32(15-20-7-11-23(29)12-8-20)17-26-31-25(18-35-26)27(33)30-14-19-5-9-22(28)10-6-19/h2-13,18H,14-17H2,1H3,(H,30,33). The highest BCUT2D eigenvalue weighted by atomic mass is 19.1. The van der Waals surface area contributed by atoms with Gasteiger partial charge in [-0.05, 0) is 53.1 Å². The molecule has 1 N–H and O–H groups in total. The molecule has 0 aliphatic heterocycles. The zero-order chi connectivity index (χ0) is 24.6. The Morgan fingerprint density at radius 3 is 2.26 bits per heavy atom. The first-order chi connectivity index (χ1) is 17.0. The van der Waals surface area contributed by atoms with E-state index in [0.29, 0.717) is 25.5 Å². The normalized spacial score (nSPS) is 11.0. The third kappa shape index (κ3) is 6.97. The Bertz CT molecular complexity index is 1260. The Morgan fingerprint density at radius 2 is 1.57 bits per heavy atom. The molecule has 35 heavy (non-hydrogen) atoms. The van der Waals surface area contributed by atoms with Crippen LogP contribution in [0.2, 0.25) is 0 Å². The summed E-state index contributed by atoms with van der Waals surface area (Å²) in [7, 11) is 1.62. The summed E-state index contributed by atoms with van der Waals surface area (Å²) in [6, 6.07) is 19.9. The van der Waals surface area contributed by atoms with Gasteiger partial charge in [-0.25, -0.2) is 13.8 Å². The fourth-order valence-corrected chi connectivity index (χ4v) is 3.60. The van der Waals surface area contributed by atoms with Crippen LogP contribution < -0.4 is 10.1 Å². The number of nitrogens with one attached hydrogen (secondary N) is 1. The van der Waals surface area contributed by atoms with E-state index in [1.165, 1.54) is 30.5 Å². The van der Waals surface area contributed by atoms with Gasteiger partial charge in [-0.15, -0.1) is 0 Å². The molecule has 8 heteroatoms. The minimum absolute atomic E-state index is 0.158. The predicted molar refractivity (Wildman–Crippen MR) is 126 cm³/mol. The molecule has 0 radical (unpaired) electrons. The molecule has 0 unspecified atom stereocenters. The maximum absolute atomic E-state index is 13.4. The number of carbonyl (C=O) groups excluding carboxylic acids is 1. The fraction of sp³-hybridized carbons (Fsp3) is 0.185. The van der Waals surface area contributed by atoms with Crippen molar-refractivity contribution in [2.24, 2.45) is 0 Å². The van der Waals surface area contributed by atoms with Gasteiger partial charge in [-0.2, -0.15) is 0 Å². The highest BCUT2D eigenvalue weighted by Gasteiger charge is 2.16.